The number of amides is 2. The fourth-order valence-electron chi connectivity index (χ4n) is 4.55. The van der Waals surface area contributed by atoms with E-state index in [9.17, 15) is 23.6 Å². The van der Waals surface area contributed by atoms with E-state index in [1.165, 1.54) is 17.0 Å². The molecule has 2 aliphatic heterocycles. The molecule has 4 N–H and O–H groups in total. The van der Waals surface area contributed by atoms with Crippen molar-refractivity contribution < 1.29 is 38.3 Å². The zero-order valence-corrected chi connectivity index (χ0v) is 20.2. The standard InChI is InChI=1S/C22H21FN4O3.C4H4O4/c23-14-1-3-17-19(11-14)30-25-20(17)13-5-7-26(8-6-13)9-10-27-21(28)16-4-2-15(24)12-18(16)22(27)29;5-3(6)1-2-4(7)8/h1-4,11-13H,5-10,24H2;1-2H,(H,5,6)(H,7,8). The zero-order valence-electron chi connectivity index (χ0n) is 20.2. The summed E-state index contributed by atoms with van der Waals surface area (Å²) >= 11 is 0. The van der Waals surface area contributed by atoms with Crippen molar-refractivity contribution in [3.05, 3.63) is 71.2 Å². The Morgan fingerprint density at radius 2 is 1.66 bits per heavy atom. The minimum absolute atomic E-state index is 0.246. The lowest BCUT2D eigenvalue weighted by atomic mass is 9.91. The molecule has 1 aromatic heterocycles. The summed E-state index contributed by atoms with van der Waals surface area (Å²) in [6, 6.07) is 9.32. The minimum atomic E-state index is -1.26. The van der Waals surface area contributed by atoms with Gasteiger partial charge in [-0.1, -0.05) is 5.16 Å². The Morgan fingerprint density at radius 3 is 2.32 bits per heavy atom. The second-order valence-corrected chi connectivity index (χ2v) is 8.90. The molecule has 0 radical (unpaired) electrons. The summed E-state index contributed by atoms with van der Waals surface area (Å²) in [4.78, 5) is 47.8. The van der Waals surface area contributed by atoms with Crippen LogP contribution >= 0.6 is 0 Å². The Labute approximate surface area is 215 Å². The fourth-order valence-corrected chi connectivity index (χ4v) is 4.55. The highest BCUT2D eigenvalue weighted by Gasteiger charge is 2.36. The van der Waals surface area contributed by atoms with Gasteiger partial charge in [-0.2, -0.15) is 0 Å². The molecule has 198 valence electrons. The minimum Gasteiger partial charge on any atom is -0.478 e. The summed E-state index contributed by atoms with van der Waals surface area (Å²) in [5.41, 5.74) is 8.37. The topological polar surface area (TPSA) is 167 Å². The van der Waals surface area contributed by atoms with Crippen LogP contribution in [0.1, 0.15) is 45.2 Å². The van der Waals surface area contributed by atoms with Crippen molar-refractivity contribution in [1.82, 2.24) is 15.0 Å². The number of imide groups is 1. The van der Waals surface area contributed by atoms with Crippen molar-refractivity contribution in [2.45, 2.75) is 18.8 Å². The SMILES string of the molecule is Nc1ccc2c(c1)C(=O)N(CCN1CCC(c3noc4cc(F)ccc34)CC1)C2=O.O=C(O)C=CC(=O)O. The summed E-state index contributed by atoms with van der Waals surface area (Å²) < 4.78 is 18.7. The number of carboxylic acid groups (broad SMARTS) is 2. The molecule has 0 spiro atoms. The Morgan fingerprint density at radius 1 is 1.00 bits per heavy atom. The van der Waals surface area contributed by atoms with Gasteiger partial charge in [-0.05, 0) is 56.3 Å². The first-order valence-corrected chi connectivity index (χ1v) is 11.8. The third kappa shape index (κ3) is 5.86. The third-order valence-corrected chi connectivity index (χ3v) is 6.44. The van der Waals surface area contributed by atoms with E-state index in [2.05, 4.69) is 10.1 Å². The highest BCUT2D eigenvalue weighted by atomic mass is 19.1. The van der Waals surface area contributed by atoms with Crippen LogP contribution in [0.15, 0.2) is 53.1 Å². The Balaban J connectivity index is 0.000000368. The van der Waals surface area contributed by atoms with E-state index in [0.29, 0.717) is 47.6 Å². The molecule has 0 saturated carbocycles. The first-order chi connectivity index (χ1) is 18.1. The fraction of sp³-hybridized carbons (Fsp3) is 0.269. The first kappa shape index (κ1) is 26.5. The van der Waals surface area contributed by atoms with E-state index in [4.69, 9.17) is 20.5 Å². The van der Waals surface area contributed by atoms with Gasteiger partial charge in [-0.25, -0.2) is 14.0 Å². The Kier molecular flexibility index (Phi) is 7.82. The number of anilines is 1. The molecule has 11 nitrogen and oxygen atoms in total. The molecule has 5 rings (SSSR count). The lowest BCUT2D eigenvalue weighted by molar-refractivity contribution is -0.134. The highest BCUT2D eigenvalue weighted by molar-refractivity contribution is 6.21. The van der Waals surface area contributed by atoms with Gasteiger partial charge >= 0.3 is 11.9 Å². The summed E-state index contributed by atoms with van der Waals surface area (Å²) in [6.45, 7) is 2.63. The van der Waals surface area contributed by atoms with Crippen molar-refractivity contribution in [3.8, 4) is 0 Å². The summed E-state index contributed by atoms with van der Waals surface area (Å²) in [6.07, 6.45) is 2.89. The van der Waals surface area contributed by atoms with Gasteiger partial charge in [0.1, 0.15) is 5.82 Å². The first-order valence-electron chi connectivity index (χ1n) is 11.8. The molecule has 0 unspecified atom stereocenters. The van der Waals surface area contributed by atoms with Gasteiger partial charge in [0.15, 0.2) is 5.58 Å². The Bertz CT molecular complexity index is 1410. The molecule has 3 aromatic rings. The van der Waals surface area contributed by atoms with Crippen LogP contribution in [0.3, 0.4) is 0 Å². The molecular formula is C26H25FN4O7. The number of nitrogens with zero attached hydrogens (tertiary/aromatic N) is 3. The van der Waals surface area contributed by atoms with Crippen LogP contribution in [0.2, 0.25) is 0 Å². The molecule has 12 heteroatoms. The monoisotopic (exact) mass is 524 g/mol. The predicted octanol–water partition coefficient (Wildman–Crippen LogP) is 2.74. The van der Waals surface area contributed by atoms with E-state index >= 15 is 0 Å². The van der Waals surface area contributed by atoms with Gasteiger partial charge in [0.05, 0.1) is 16.8 Å². The quantitative estimate of drug-likeness (QED) is 0.248. The maximum atomic E-state index is 13.4. The number of hydrogen-bond acceptors (Lipinski definition) is 8. The Hall–Kier alpha value is -4.58. The molecule has 2 amide bonds. The van der Waals surface area contributed by atoms with Crippen LogP contribution in [0, 0.1) is 5.82 Å². The molecule has 38 heavy (non-hydrogen) atoms. The second kappa shape index (κ2) is 11.2. The number of carbonyl (C=O) groups excluding carboxylic acids is 2. The van der Waals surface area contributed by atoms with Crippen molar-refractivity contribution in [2.24, 2.45) is 0 Å². The van der Waals surface area contributed by atoms with E-state index < -0.39 is 11.9 Å². The van der Waals surface area contributed by atoms with Crippen LogP contribution < -0.4 is 5.73 Å². The highest BCUT2D eigenvalue weighted by Crippen LogP contribution is 2.33. The molecule has 3 heterocycles. The number of aliphatic carboxylic acids is 2. The lowest BCUT2D eigenvalue weighted by Gasteiger charge is -2.32. The number of piperidine rings is 1. The largest absolute Gasteiger partial charge is 0.478 e. The molecule has 1 fully saturated rings. The second-order valence-electron chi connectivity index (χ2n) is 8.90. The number of aromatic nitrogens is 1. The number of benzene rings is 2. The van der Waals surface area contributed by atoms with Gasteiger partial charge < -0.3 is 25.4 Å². The van der Waals surface area contributed by atoms with Crippen LogP contribution in [-0.4, -0.2) is 75.1 Å². The normalized spacial score (nSPS) is 16.1. The van der Waals surface area contributed by atoms with Gasteiger partial charge in [-0.15, -0.1) is 0 Å². The predicted molar refractivity (Wildman–Crippen MR) is 133 cm³/mol. The van der Waals surface area contributed by atoms with Crippen LogP contribution in [0.4, 0.5) is 10.1 Å². The van der Waals surface area contributed by atoms with Crippen molar-refractivity contribution in [1.29, 1.82) is 0 Å². The van der Waals surface area contributed by atoms with E-state index in [0.717, 1.165) is 37.0 Å². The van der Waals surface area contributed by atoms with Crippen molar-refractivity contribution in [2.75, 3.05) is 31.9 Å². The average Bonchev–Trinajstić information content (AvgIpc) is 3.40. The molecule has 0 atom stereocenters. The van der Waals surface area contributed by atoms with Crippen LogP contribution in [-0.2, 0) is 9.59 Å². The molecule has 0 bridgehead atoms. The lowest BCUT2D eigenvalue weighted by Crippen LogP contribution is -2.41. The molecule has 2 aromatic carbocycles. The third-order valence-electron chi connectivity index (χ3n) is 6.44. The number of rotatable bonds is 6. The zero-order chi connectivity index (χ0) is 27.4. The number of carboxylic acids is 2. The smallest absolute Gasteiger partial charge is 0.328 e. The number of likely N-dealkylation sites (tertiary alicyclic amines) is 1. The molecule has 0 aliphatic carbocycles. The number of halogens is 1. The maximum absolute atomic E-state index is 13.4. The summed E-state index contributed by atoms with van der Waals surface area (Å²) in [7, 11) is 0. The van der Waals surface area contributed by atoms with E-state index in [-0.39, 0.29) is 23.5 Å². The molecule has 1 saturated heterocycles. The molecule has 2 aliphatic rings. The molecular weight excluding hydrogens is 499 g/mol. The van der Waals surface area contributed by atoms with Crippen molar-refractivity contribution in [3.63, 3.8) is 0 Å². The number of nitrogen functional groups attached to an aromatic ring is 1. The average molecular weight is 525 g/mol. The summed E-state index contributed by atoms with van der Waals surface area (Å²) in [5.74, 6) is -3.14. The van der Waals surface area contributed by atoms with E-state index in [1.807, 2.05) is 0 Å². The van der Waals surface area contributed by atoms with Gasteiger partial charge in [0, 0.05) is 48.3 Å². The van der Waals surface area contributed by atoms with Gasteiger partial charge in [-0.3, -0.25) is 14.5 Å². The summed E-state index contributed by atoms with van der Waals surface area (Å²) in [5, 5.41) is 20.7. The van der Waals surface area contributed by atoms with E-state index in [1.54, 1.807) is 24.3 Å². The number of hydrogen-bond donors (Lipinski definition) is 3. The number of carbonyl (C=O) groups is 4. The maximum Gasteiger partial charge on any atom is 0.328 e. The van der Waals surface area contributed by atoms with Crippen LogP contribution in [0.25, 0.3) is 11.0 Å². The van der Waals surface area contributed by atoms with Gasteiger partial charge in [0.2, 0.25) is 0 Å². The number of fused-ring (bicyclic) bond motifs is 2. The van der Waals surface area contributed by atoms with Gasteiger partial charge in [0.25, 0.3) is 11.8 Å². The van der Waals surface area contributed by atoms with Crippen LogP contribution in [0.5, 0.6) is 0 Å². The number of nitrogens with two attached hydrogens (primary N) is 1. The van der Waals surface area contributed by atoms with Crippen molar-refractivity contribution >= 4 is 40.4 Å².